The van der Waals surface area contributed by atoms with E-state index in [-0.39, 0.29) is 11.8 Å². The third-order valence-electron chi connectivity index (χ3n) is 3.63. The summed E-state index contributed by atoms with van der Waals surface area (Å²) in [5.74, 6) is -0.882. The normalized spacial score (nSPS) is 30.3. The molecule has 0 fully saturated rings. The molecule has 5 nitrogen and oxygen atoms in total. The molecule has 3 aliphatic rings. The van der Waals surface area contributed by atoms with Crippen LogP contribution < -0.4 is 0 Å². The van der Waals surface area contributed by atoms with Gasteiger partial charge in [0.1, 0.15) is 5.71 Å². The highest BCUT2D eigenvalue weighted by atomic mass is 16.4. The van der Waals surface area contributed by atoms with Gasteiger partial charge in [0.2, 0.25) is 0 Å². The lowest BCUT2D eigenvalue weighted by Crippen LogP contribution is -2.37. The second kappa shape index (κ2) is 4.48. The van der Waals surface area contributed by atoms with E-state index < -0.39 is 5.97 Å². The van der Waals surface area contributed by atoms with Gasteiger partial charge >= 0.3 is 5.97 Å². The molecule has 2 unspecified atom stereocenters. The third-order valence-corrected chi connectivity index (χ3v) is 3.63. The minimum atomic E-state index is -0.742. The number of carbonyl (C=O) groups is 1. The number of rotatable bonds is 1. The van der Waals surface area contributed by atoms with Crippen LogP contribution in [0.25, 0.3) is 0 Å². The number of hydrogen-bond donors (Lipinski definition) is 1. The van der Waals surface area contributed by atoms with Gasteiger partial charge in [-0.15, -0.1) is 0 Å². The highest BCUT2D eigenvalue weighted by Gasteiger charge is 2.35. The molecule has 2 aliphatic heterocycles. The Kier molecular flexibility index (Phi) is 2.81. The van der Waals surface area contributed by atoms with Gasteiger partial charge in [0.05, 0.1) is 23.9 Å². The minimum Gasteiger partial charge on any atom is -0.481 e. The van der Waals surface area contributed by atoms with Gasteiger partial charge in [-0.2, -0.15) is 0 Å². The first kappa shape index (κ1) is 11.3. The van der Waals surface area contributed by atoms with E-state index in [0.717, 1.165) is 36.5 Å². The second-order valence-electron chi connectivity index (χ2n) is 4.85. The van der Waals surface area contributed by atoms with Crippen molar-refractivity contribution >= 4 is 23.6 Å². The summed E-state index contributed by atoms with van der Waals surface area (Å²) in [6.45, 7) is 1.11. The third kappa shape index (κ3) is 1.89. The minimum absolute atomic E-state index is 0.204. The van der Waals surface area contributed by atoms with Crippen LogP contribution in [0.4, 0.5) is 0 Å². The van der Waals surface area contributed by atoms with Crippen molar-refractivity contribution in [2.45, 2.75) is 19.3 Å². The van der Waals surface area contributed by atoms with Gasteiger partial charge in [-0.25, -0.2) is 0 Å². The molecule has 2 heterocycles. The zero-order valence-electron chi connectivity index (χ0n) is 10.0. The van der Waals surface area contributed by atoms with Crippen molar-refractivity contribution in [1.29, 1.82) is 0 Å². The number of carboxylic acid groups (broad SMARTS) is 1. The Labute approximate surface area is 105 Å². The van der Waals surface area contributed by atoms with Crippen molar-refractivity contribution in [1.82, 2.24) is 0 Å². The van der Waals surface area contributed by atoms with Crippen molar-refractivity contribution in [2.24, 2.45) is 26.8 Å². The quantitative estimate of drug-likeness (QED) is 0.757. The summed E-state index contributed by atoms with van der Waals surface area (Å²) in [5, 5.41) is 9.07. The average molecular weight is 245 g/mol. The van der Waals surface area contributed by atoms with Crippen LogP contribution in [0.2, 0.25) is 0 Å². The van der Waals surface area contributed by atoms with Gasteiger partial charge in [-0.05, 0) is 12.8 Å². The van der Waals surface area contributed by atoms with E-state index in [9.17, 15) is 4.79 Å². The van der Waals surface area contributed by atoms with Crippen LogP contribution in [0.5, 0.6) is 0 Å². The standard InChI is InChI=1S/C13H15N3O2/c17-13(18)9-6-8-2-3-10-12(11(8)16-7-9)15-5-1-4-14-10/h3-4,8-9H,1-2,5-7H2,(H,17,18). The Hall–Kier alpha value is -1.78. The number of aliphatic imine (C=N–C) groups is 3. The Bertz CT molecular complexity index is 502. The van der Waals surface area contributed by atoms with Crippen LogP contribution in [0.1, 0.15) is 19.3 Å². The monoisotopic (exact) mass is 245 g/mol. The first-order valence-corrected chi connectivity index (χ1v) is 6.30. The molecule has 1 aliphatic carbocycles. The molecule has 0 bridgehead atoms. The summed E-state index contributed by atoms with van der Waals surface area (Å²) in [6.07, 6.45) is 6.31. The molecule has 2 atom stereocenters. The predicted molar refractivity (Wildman–Crippen MR) is 69.6 cm³/mol. The molecule has 3 rings (SSSR count). The topological polar surface area (TPSA) is 74.4 Å². The van der Waals surface area contributed by atoms with E-state index in [1.807, 2.05) is 6.21 Å². The van der Waals surface area contributed by atoms with Gasteiger partial charge in [0.25, 0.3) is 0 Å². The van der Waals surface area contributed by atoms with Crippen LogP contribution in [0, 0.1) is 11.8 Å². The van der Waals surface area contributed by atoms with Gasteiger partial charge in [0, 0.05) is 25.1 Å². The maximum Gasteiger partial charge on any atom is 0.308 e. The molecule has 0 aromatic heterocycles. The van der Waals surface area contributed by atoms with Gasteiger partial charge in [-0.3, -0.25) is 19.8 Å². The summed E-state index contributed by atoms with van der Waals surface area (Å²) >= 11 is 0. The van der Waals surface area contributed by atoms with E-state index >= 15 is 0 Å². The van der Waals surface area contributed by atoms with Crippen LogP contribution in [0.15, 0.2) is 26.8 Å². The molecule has 0 aromatic carbocycles. The van der Waals surface area contributed by atoms with E-state index in [2.05, 4.69) is 21.1 Å². The zero-order valence-corrected chi connectivity index (χ0v) is 10.0. The van der Waals surface area contributed by atoms with Crippen molar-refractivity contribution in [3.63, 3.8) is 0 Å². The lowest BCUT2D eigenvalue weighted by Gasteiger charge is -2.30. The number of fused-ring (bicyclic) bond motifs is 3. The number of carboxylic acids is 1. The molecule has 5 heteroatoms. The number of allylic oxidation sites excluding steroid dienone is 2. The summed E-state index contributed by atoms with van der Waals surface area (Å²) < 4.78 is 0. The molecule has 18 heavy (non-hydrogen) atoms. The molecule has 0 saturated carbocycles. The molecule has 0 spiro atoms. The summed E-state index contributed by atoms with van der Waals surface area (Å²) in [6, 6.07) is 0. The fourth-order valence-corrected chi connectivity index (χ4v) is 2.68. The number of hydrogen-bond acceptors (Lipinski definition) is 4. The van der Waals surface area contributed by atoms with Crippen molar-refractivity contribution in [2.75, 3.05) is 13.1 Å². The molecule has 0 amide bonds. The van der Waals surface area contributed by atoms with Crippen molar-refractivity contribution in [3.05, 3.63) is 11.8 Å². The molecule has 0 radical (unpaired) electrons. The summed E-state index contributed by atoms with van der Waals surface area (Å²) in [7, 11) is 0. The fourth-order valence-electron chi connectivity index (χ4n) is 2.68. The van der Waals surface area contributed by atoms with E-state index in [1.165, 1.54) is 0 Å². The molecule has 0 saturated heterocycles. The Balaban J connectivity index is 1.93. The number of aliphatic carboxylic acids is 1. The summed E-state index contributed by atoms with van der Waals surface area (Å²) in [4.78, 5) is 24.4. The van der Waals surface area contributed by atoms with Crippen molar-refractivity contribution < 1.29 is 9.90 Å². The fraction of sp³-hybridized carbons (Fsp3) is 0.538. The smallest absolute Gasteiger partial charge is 0.308 e. The molecule has 94 valence electrons. The average Bonchev–Trinajstić information content (AvgIpc) is 2.63. The van der Waals surface area contributed by atoms with Crippen LogP contribution >= 0.6 is 0 Å². The second-order valence-corrected chi connectivity index (χ2v) is 4.85. The number of nitrogens with zero attached hydrogens (tertiary/aromatic N) is 3. The van der Waals surface area contributed by atoms with Crippen LogP contribution in [-0.4, -0.2) is 41.8 Å². The maximum absolute atomic E-state index is 11.0. The van der Waals surface area contributed by atoms with Gasteiger partial charge < -0.3 is 5.11 Å². The van der Waals surface area contributed by atoms with Crippen LogP contribution in [0.3, 0.4) is 0 Å². The summed E-state index contributed by atoms with van der Waals surface area (Å²) in [5.41, 5.74) is 2.78. The zero-order chi connectivity index (χ0) is 12.5. The largest absolute Gasteiger partial charge is 0.481 e. The van der Waals surface area contributed by atoms with E-state index in [4.69, 9.17) is 5.11 Å². The maximum atomic E-state index is 11.0. The van der Waals surface area contributed by atoms with Crippen LogP contribution in [-0.2, 0) is 4.79 Å². The predicted octanol–water partition coefficient (Wildman–Crippen LogP) is 1.35. The van der Waals surface area contributed by atoms with E-state index in [0.29, 0.717) is 13.0 Å². The van der Waals surface area contributed by atoms with E-state index in [1.54, 1.807) is 0 Å². The SMILES string of the molecule is O=C(O)C1CN=C2C3=NCCC=NC3=CCC2C1. The Morgan fingerprint density at radius 1 is 1.39 bits per heavy atom. The highest BCUT2D eigenvalue weighted by molar-refractivity contribution is 6.49. The Morgan fingerprint density at radius 3 is 3.11 bits per heavy atom. The van der Waals surface area contributed by atoms with Gasteiger partial charge in [0.15, 0.2) is 0 Å². The molecule has 1 N–H and O–H groups in total. The lowest BCUT2D eigenvalue weighted by atomic mass is 9.80. The molecular weight excluding hydrogens is 230 g/mol. The highest BCUT2D eigenvalue weighted by Crippen LogP contribution is 2.30. The first-order valence-electron chi connectivity index (χ1n) is 6.30. The van der Waals surface area contributed by atoms with Gasteiger partial charge in [-0.1, -0.05) is 6.08 Å². The first-order chi connectivity index (χ1) is 8.75. The molecule has 0 aromatic rings. The Morgan fingerprint density at radius 2 is 2.28 bits per heavy atom. The van der Waals surface area contributed by atoms with Crippen molar-refractivity contribution in [3.8, 4) is 0 Å². The molecular formula is C13H15N3O2. The lowest BCUT2D eigenvalue weighted by molar-refractivity contribution is -0.141.